The monoisotopic (exact) mass is 272 g/mol. The van der Waals surface area contributed by atoms with E-state index < -0.39 is 0 Å². The Kier molecular flexibility index (Phi) is 3.00. The lowest BCUT2D eigenvalue weighted by Gasteiger charge is -2.10. The van der Waals surface area contributed by atoms with Gasteiger partial charge in [-0.05, 0) is 24.4 Å². The Hall–Kier alpha value is -2.21. The van der Waals surface area contributed by atoms with Crippen molar-refractivity contribution in [3.8, 4) is 0 Å². The summed E-state index contributed by atoms with van der Waals surface area (Å²) in [4.78, 5) is 21.5. The number of carbonyl (C=O) groups is 1. The van der Waals surface area contributed by atoms with Crippen molar-refractivity contribution in [1.82, 2.24) is 19.7 Å². The van der Waals surface area contributed by atoms with Crippen molar-refractivity contribution in [3.63, 3.8) is 0 Å². The number of rotatable bonds is 3. The predicted octanol–water partition coefficient (Wildman–Crippen LogP) is 2.28. The van der Waals surface area contributed by atoms with Gasteiger partial charge in [-0.1, -0.05) is 6.07 Å². The number of fused-ring (bicyclic) bond motifs is 1. The Morgan fingerprint density at radius 2 is 2.37 bits per heavy atom. The average Bonchev–Trinajstić information content (AvgIpc) is 3.07. The zero-order valence-electron chi connectivity index (χ0n) is 10.3. The van der Waals surface area contributed by atoms with Crippen LogP contribution >= 0.6 is 11.3 Å². The largest absolute Gasteiger partial charge is 0.343 e. The molecule has 0 aromatic carbocycles. The molecule has 0 radical (unpaired) electrons. The molecule has 3 aromatic rings. The van der Waals surface area contributed by atoms with Gasteiger partial charge in [0.05, 0.1) is 6.04 Å². The van der Waals surface area contributed by atoms with E-state index in [-0.39, 0.29) is 11.9 Å². The average molecular weight is 272 g/mol. The molecule has 3 heterocycles. The third kappa shape index (κ3) is 2.34. The van der Waals surface area contributed by atoms with Crippen LogP contribution in [0.3, 0.4) is 0 Å². The zero-order chi connectivity index (χ0) is 13.2. The van der Waals surface area contributed by atoms with Gasteiger partial charge in [0.25, 0.3) is 5.91 Å². The van der Waals surface area contributed by atoms with E-state index in [1.807, 2.05) is 30.6 Å². The number of aromatic nitrogens is 3. The van der Waals surface area contributed by atoms with Gasteiger partial charge in [0, 0.05) is 23.5 Å². The highest BCUT2D eigenvalue weighted by atomic mass is 32.1. The number of carbonyl (C=O) groups excluding carboxylic acids is 1. The normalized spacial score (nSPS) is 12.5. The second-order valence-electron chi connectivity index (χ2n) is 4.16. The second-order valence-corrected chi connectivity index (χ2v) is 5.14. The van der Waals surface area contributed by atoms with E-state index in [0.717, 1.165) is 4.88 Å². The number of hydrogen-bond donors (Lipinski definition) is 1. The molecule has 0 saturated carbocycles. The van der Waals surface area contributed by atoms with E-state index in [1.54, 1.807) is 34.2 Å². The molecule has 1 N–H and O–H groups in total. The summed E-state index contributed by atoms with van der Waals surface area (Å²) in [5.41, 5.74) is 0.377. The van der Waals surface area contributed by atoms with Crippen molar-refractivity contribution in [1.29, 1.82) is 0 Å². The number of imidazole rings is 1. The highest BCUT2D eigenvalue weighted by Crippen LogP contribution is 2.18. The van der Waals surface area contributed by atoms with Crippen LogP contribution in [0, 0.1) is 0 Å². The van der Waals surface area contributed by atoms with Crippen molar-refractivity contribution >= 4 is 23.0 Å². The Balaban J connectivity index is 1.80. The van der Waals surface area contributed by atoms with Gasteiger partial charge in [-0.15, -0.1) is 11.3 Å². The molecule has 19 heavy (non-hydrogen) atoms. The number of hydrogen-bond acceptors (Lipinski definition) is 4. The molecule has 0 aliphatic heterocycles. The van der Waals surface area contributed by atoms with Gasteiger partial charge in [-0.25, -0.2) is 9.97 Å². The summed E-state index contributed by atoms with van der Waals surface area (Å²) in [7, 11) is 0. The van der Waals surface area contributed by atoms with Crippen LogP contribution in [0.15, 0.2) is 42.2 Å². The maximum absolute atomic E-state index is 12.1. The molecule has 1 amide bonds. The van der Waals surface area contributed by atoms with Gasteiger partial charge in [-0.3, -0.25) is 9.20 Å². The number of thiophene rings is 1. The Morgan fingerprint density at radius 3 is 3.11 bits per heavy atom. The number of nitrogens with one attached hydrogen (secondary N) is 1. The predicted molar refractivity (Wildman–Crippen MR) is 73.2 cm³/mol. The second kappa shape index (κ2) is 4.81. The number of amides is 1. The van der Waals surface area contributed by atoms with Crippen molar-refractivity contribution in [3.05, 3.63) is 52.7 Å². The molecular formula is C13H12N4OS. The van der Waals surface area contributed by atoms with Crippen LogP contribution in [0.1, 0.15) is 28.3 Å². The molecule has 0 bridgehead atoms. The molecule has 0 aliphatic rings. The lowest BCUT2D eigenvalue weighted by molar-refractivity contribution is 0.0936. The molecule has 5 nitrogen and oxygen atoms in total. The standard InChI is InChI=1S/C13H12N4OS/c1-9(11-4-2-7-19-11)15-12(18)10-8-17-6-3-5-14-13(17)16-10/h2-9H,1H3,(H,15,18). The van der Waals surface area contributed by atoms with E-state index in [0.29, 0.717) is 11.5 Å². The van der Waals surface area contributed by atoms with Gasteiger partial charge in [0.2, 0.25) is 5.78 Å². The van der Waals surface area contributed by atoms with Gasteiger partial charge >= 0.3 is 0 Å². The first-order valence-corrected chi connectivity index (χ1v) is 6.76. The summed E-state index contributed by atoms with van der Waals surface area (Å²) in [6, 6.07) is 5.74. The smallest absolute Gasteiger partial charge is 0.272 e. The third-order valence-corrected chi connectivity index (χ3v) is 3.84. The highest BCUT2D eigenvalue weighted by Gasteiger charge is 2.15. The Morgan fingerprint density at radius 1 is 1.47 bits per heavy atom. The summed E-state index contributed by atoms with van der Waals surface area (Å²) < 4.78 is 1.73. The van der Waals surface area contributed by atoms with Crippen LogP contribution in [-0.4, -0.2) is 20.3 Å². The SMILES string of the molecule is CC(NC(=O)c1cn2cccnc2n1)c1cccs1. The van der Waals surface area contributed by atoms with Crippen LogP contribution in [0.4, 0.5) is 0 Å². The topological polar surface area (TPSA) is 59.3 Å². The van der Waals surface area contributed by atoms with Crippen molar-refractivity contribution < 1.29 is 4.79 Å². The fraction of sp³-hybridized carbons (Fsp3) is 0.154. The minimum absolute atomic E-state index is 0.0229. The van der Waals surface area contributed by atoms with Crippen LogP contribution < -0.4 is 5.32 Å². The molecule has 1 atom stereocenters. The maximum Gasteiger partial charge on any atom is 0.272 e. The van der Waals surface area contributed by atoms with Crippen LogP contribution in [-0.2, 0) is 0 Å². The van der Waals surface area contributed by atoms with E-state index in [9.17, 15) is 4.79 Å². The molecule has 0 fully saturated rings. The first-order valence-electron chi connectivity index (χ1n) is 5.88. The zero-order valence-corrected chi connectivity index (χ0v) is 11.1. The van der Waals surface area contributed by atoms with E-state index in [4.69, 9.17) is 0 Å². The molecule has 3 rings (SSSR count). The first kappa shape index (κ1) is 11.9. The molecule has 96 valence electrons. The van der Waals surface area contributed by atoms with Gasteiger partial charge in [0.1, 0.15) is 5.69 Å². The molecule has 0 aliphatic carbocycles. The van der Waals surface area contributed by atoms with E-state index in [1.165, 1.54) is 0 Å². The fourth-order valence-electron chi connectivity index (χ4n) is 1.82. The Bertz CT molecular complexity index is 671. The highest BCUT2D eigenvalue weighted by molar-refractivity contribution is 7.10. The molecule has 3 aromatic heterocycles. The summed E-state index contributed by atoms with van der Waals surface area (Å²) in [5, 5.41) is 4.92. The van der Waals surface area contributed by atoms with Crippen molar-refractivity contribution in [2.45, 2.75) is 13.0 Å². The molecular weight excluding hydrogens is 260 g/mol. The van der Waals surface area contributed by atoms with Crippen LogP contribution in [0.2, 0.25) is 0 Å². The van der Waals surface area contributed by atoms with Gasteiger partial charge < -0.3 is 5.32 Å². The van der Waals surface area contributed by atoms with Crippen LogP contribution in [0.25, 0.3) is 5.78 Å². The summed E-state index contributed by atoms with van der Waals surface area (Å²) >= 11 is 1.62. The molecule has 6 heteroatoms. The maximum atomic E-state index is 12.1. The molecule has 0 saturated heterocycles. The van der Waals surface area contributed by atoms with Gasteiger partial charge in [0.15, 0.2) is 0 Å². The van der Waals surface area contributed by atoms with Crippen LogP contribution in [0.5, 0.6) is 0 Å². The van der Waals surface area contributed by atoms with Crippen molar-refractivity contribution in [2.75, 3.05) is 0 Å². The summed E-state index contributed by atoms with van der Waals surface area (Å²) in [6.07, 6.45) is 5.14. The number of nitrogens with zero attached hydrogens (tertiary/aromatic N) is 3. The van der Waals surface area contributed by atoms with E-state index in [2.05, 4.69) is 15.3 Å². The summed E-state index contributed by atoms with van der Waals surface area (Å²) in [6.45, 7) is 1.96. The molecule has 0 spiro atoms. The third-order valence-electron chi connectivity index (χ3n) is 2.79. The minimum Gasteiger partial charge on any atom is -0.343 e. The molecule has 1 unspecified atom stereocenters. The van der Waals surface area contributed by atoms with E-state index >= 15 is 0 Å². The quantitative estimate of drug-likeness (QED) is 0.795. The summed E-state index contributed by atoms with van der Waals surface area (Å²) in [5.74, 6) is 0.336. The fourth-order valence-corrected chi connectivity index (χ4v) is 2.55. The Labute approximate surface area is 113 Å². The lowest BCUT2D eigenvalue weighted by Crippen LogP contribution is -2.26. The van der Waals surface area contributed by atoms with Gasteiger partial charge in [-0.2, -0.15) is 0 Å². The first-order chi connectivity index (χ1) is 9.24. The lowest BCUT2D eigenvalue weighted by atomic mass is 10.2. The van der Waals surface area contributed by atoms with Crippen molar-refractivity contribution in [2.24, 2.45) is 0 Å². The minimum atomic E-state index is -0.189.